The van der Waals surface area contributed by atoms with Crippen molar-refractivity contribution in [3.05, 3.63) is 5.01 Å². The van der Waals surface area contributed by atoms with Crippen LogP contribution in [0.1, 0.15) is 32.2 Å². The van der Waals surface area contributed by atoms with Crippen molar-refractivity contribution in [3.63, 3.8) is 0 Å². The van der Waals surface area contributed by atoms with E-state index in [2.05, 4.69) is 15.5 Å². The van der Waals surface area contributed by atoms with Gasteiger partial charge >= 0.3 is 12.0 Å². The van der Waals surface area contributed by atoms with Gasteiger partial charge in [-0.15, -0.1) is 10.2 Å². The van der Waals surface area contributed by atoms with E-state index in [1.165, 1.54) is 23.3 Å². The number of hydrogen-bond donors (Lipinski definition) is 2. The van der Waals surface area contributed by atoms with Crippen LogP contribution in [0, 0.1) is 0 Å². The topological polar surface area (TPSA) is 95.4 Å². The monoisotopic (exact) mass is 286 g/mol. The van der Waals surface area contributed by atoms with E-state index >= 15 is 0 Å². The van der Waals surface area contributed by atoms with Crippen molar-refractivity contribution in [3.8, 4) is 0 Å². The van der Waals surface area contributed by atoms with Crippen molar-refractivity contribution in [2.75, 3.05) is 18.9 Å². The molecule has 0 aliphatic rings. The molecule has 1 heterocycles. The number of urea groups is 1. The number of nitrogens with one attached hydrogen (secondary N) is 1. The molecule has 0 spiro atoms. The number of rotatable bonds is 4. The second-order valence-corrected chi connectivity index (χ2v) is 6.14. The highest BCUT2D eigenvalue weighted by Crippen LogP contribution is 2.27. The van der Waals surface area contributed by atoms with Gasteiger partial charge in [0.05, 0.1) is 6.42 Å². The van der Waals surface area contributed by atoms with Gasteiger partial charge in [-0.2, -0.15) is 0 Å². The van der Waals surface area contributed by atoms with Crippen LogP contribution in [-0.2, 0) is 10.2 Å². The standard InChI is InChI=1S/C11H18N4O3S/c1-11(2,3)8-13-14-9(19-8)12-10(18)15(4)6-5-7(16)17/h5-6H2,1-4H3,(H,16,17)(H,12,14,18). The number of aromatic nitrogens is 2. The third-order valence-electron chi connectivity index (χ3n) is 2.29. The maximum Gasteiger partial charge on any atom is 0.323 e. The van der Waals surface area contributed by atoms with Crippen LogP contribution in [0.25, 0.3) is 0 Å². The van der Waals surface area contributed by atoms with Crippen LogP contribution < -0.4 is 5.32 Å². The quantitative estimate of drug-likeness (QED) is 0.879. The predicted molar refractivity (Wildman–Crippen MR) is 72.5 cm³/mol. The SMILES string of the molecule is CN(CCC(=O)O)C(=O)Nc1nnc(C(C)(C)C)s1. The van der Waals surface area contributed by atoms with E-state index in [-0.39, 0.29) is 18.4 Å². The summed E-state index contributed by atoms with van der Waals surface area (Å²) in [6.45, 7) is 6.18. The second kappa shape index (κ2) is 5.96. The highest BCUT2D eigenvalue weighted by molar-refractivity contribution is 7.15. The Kier molecular flexibility index (Phi) is 4.82. The lowest BCUT2D eigenvalue weighted by molar-refractivity contribution is -0.137. The van der Waals surface area contributed by atoms with Gasteiger partial charge in [-0.3, -0.25) is 10.1 Å². The van der Waals surface area contributed by atoms with Crippen molar-refractivity contribution in [1.29, 1.82) is 0 Å². The zero-order valence-electron chi connectivity index (χ0n) is 11.4. The number of nitrogens with zero attached hydrogens (tertiary/aromatic N) is 3. The minimum Gasteiger partial charge on any atom is -0.481 e. The van der Waals surface area contributed by atoms with Gasteiger partial charge in [0, 0.05) is 19.0 Å². The Labute approximate surface area is 115 Å². The van der Waals surface area contributed by atoms with E-state index in [0.717, 1.165) is 5.01 Å². The zero-order valence-corrected chi connectivity index (χ0v) is 12.2. The highest BCUT2D eigenvalue weighted by Gasteiger charge is 2.20. The fourth-order valence-electron chi connectivity index (χ4n) is 1.13. The summed E-state index contributed by atoms with van der Waals surface area (Å²) >= 11 is 1.31. The second-order valence-electron chi connectivity index (χ2n) is 5.16. The van der Waals surface area contributed by atoms with E-state index in [0.29, 0.717) is 5.13 Å². The molecular weight excluding hydrogens is 268 g/mol. The molecule has 8 heteroatoms. The summed E-state index contributed by atoms with van der Waals surface area (Å²) in [6, 6.07) is -0.391. The molecule has 0 aliphatic carbocycles. The van der Waals surface area contributed by atoms with Gasteiger partial charge in [0.1, 0.15) is 5.01 Å². The van der Waals surface area contributed by atoms with Crippen molar-refractivity contribution in [2.45, 2.75) is 32.6 Å². The Bertz CT molecular complexity index is 467. The average molecular weight is 286 g/mol. The van der Waals surface area contributed by atoms with Gasteiger partial charge in [0.25, 0.3) is 0 Å². The first-order chi connectivity index (χ1) is 8.70. The van der Waals surface area contributed by atoms with E-state index in [1.54, 1.807) is 0 Å². The van der Waals surface area contributed by atoms with E-state index in [4.69, 9.17) is 5.11 Å². The summed E-state index contributed by atoms with van der Waals surface area (Å²) in [4.78, 5) is 23.5. The minimum atomic E-state index is -0.939. The van der Waals surface area contributed by atoms with Gasteiger partial charge in [-0.25, -0.2) is 4.79 Å². The van der Waals surface area contributed by atoms with Crippen LogP contribution in [0.3, 0.4) is 0 Å². The fraction of sp³-hybridized carbons (Fsp3) is 0.636. The Balaban J connectivity index is 2.57. The van der Waals surface area contributed by atoms with Crippen LogP contribution in [0.15, 0.2) is 0 Å². The van der Waals surface area contributed by atoms with Crippen molar-refractivity contribution < 1.29 is 14.7 Å². The molecule has 0 bridgehead atoms. The minimum absolute atomic E-state index is 0.0900. The van der Waals surface area contributed by atoms with Gasteiger partial charge in [-0.1, -0.05) is 32.1 Å². The molecule has 0 saturated heterocycles. The first-order valence-corrected chi connectivity index (χ1v) is 6.59. The molecule has 2 amide bonds. The van der Waals surface area contributed by atoms with Crippen LogP contribution >= 0.6 is 11.3 Å². The molecule has 1 rings (SSSR count). The normalized spacial score (nSPS) is 11.2. The summed E-state index contributed by atoms with van der Waals surface area (Å²) in [7, 11) is 1.53. The number of carboxylic acids is 1. The number of aliphatic carboxylic acids is 1. The molecule has 106 valence electrons. The Hall–Kier alpha value is -1.70. The lowest BCUT2D eigenvalue weighted by Gasteiger charge is -2.15. The van der Waals surface area contributed by atoms with Crippen molar-refractivity contribution in [2.24, 2.45) is 0 Å². The number of carbonyl (C=O) groups is 2. The molecule has 0 saturated carbocycles. The number of carboxylic acid groups (broad SMARTS) is 1. The number of anilines is 1. The van der Waals surface area contributed by atoms with Crippen LogP contribution in [0.5, 0.6) is 0 Å². The molecule has 0 fully saturated rings. The van der Waals surface area contributed by atoms with E-state index in [1.807, 2.05) is 20.8 Å². The first-order valence-electron chi connectivity index (χ1n) is 5.78. The van der Waals surface area contributed by atoms with Crippen molar-refractivity contribution >= 4 is 28.5 Å². The Morgan fingerprint density at radius 3 is 2.47 bits per heavy atom. The molecule has 0 unspecified atom stereocenters. The molecule has 7 nitrogen and oxygen atoms in total. The number of amides is 2. The Morgan fingerprint density at radius 1 is 1.37 bits per heavy atom. The number of hydrogen-bond acceptors (Lipinski definition) is 5. The summed E-state index contributed by atoms with van der Waals surface area (Å²) in [5, 5.41) is 20.3. The lowest BCUT2D eigenvalue weighted by atomic mass is 9.98. The lowest BCUT2D eigenvalue weighted by Crippen LogP contribution is -2.33. The molecule has 19 heavy (non-hydrogen) atoms. The summed E-state index contributed by atoms with van der Waals surface area (Å²) in [6.07, 6.45) is -0.0900. The molecule has 2 N–H and O–H groups in total. The summed E-state index contributed by atoms with van der Waals surface area (Å²) < 4.78 is 0. The molecule has 1 aromatic rings. The van der Waals surface area contributed by atoms with Gasteiger partial charge < -0.3 is 10.0 Å². The maximum atomic E-state index is 11.7. The molecule has 0 aromatic carbocycles. The smallest absolute Gasteiger partial charge is 0.323 e. The third-order valence-corrected chi connectivity index (χ3v) is 3.55. The number of carbonyl (C=O) groups excluding carboxylic acids is 1. The van der Waals surface area contributed by atoms with E-state index < -0.39 is 12.0 Å². The maximum absolute atomic E-state index is 11.7. The summed E-state index contributed by atoms with van der Waals surface area (Å²) in [5.74, 6) is -0.939. The van der Waals surface area contributed by atoms with Crippen LogP contribution in [0.4, 0.5) is 9.93 Å². The first kappa shape index (κ1) is 15.4. The third kappa shape index (κ3) is 4.82. The summed E-state index contributed by atoms with van der Waals surface area (Å²) in [5.41, 5.74) is -0.115. The van der Waals surface area contributed by atoms with Crippen molar-refractivity contribution in [1.82, 2.24) is 15.1 Å². The van der Waals surface area contributed by atoms with Gasteiger partial charge in [0.15, 0.2) is 0 Å². The molecule has 0 aliphatic heterocycles. The van der Waals surface area contributed by atoms with E-state index in [9.17, 15) is 9.59 Å². The molecular formula is C11H18N4O3S. The molecule has 0 radical (unpaired) electrons. The van der Waals surface area contributed by atoms with Gasteiger partial charge in [0.2, 0.25) is 5.13 Å². The molecule has 0 atom stereocenters. The largest absolute Gasteiger partial charge is 0.481 e. The fourth-order valence-corrected chi connectivity index (χ4v) is 1.92. The average Bonchev–Trinajstić information content (AvgIpc) is 2.73. The zero-order chi connectivity index (χ0) is 14.6. The Morgan fingerprint density at radius 2 is 2.00 bits per heavy atom. The molecule has 1 aromatic heterocycles. The van der Waals surface area contributed by atoms with Gasteiger partial charge in [-0.05, 0) is 0 Å². The van der Waals surface area contributed by atoms with Crippen LogP contribution in [-0.4, -0.2) is 45.8 Å². The highest BCUT2D eigenvalue weighted by atomic mass is 32.1. The van der Waals surface area contributed by atoms with Crippen LogP contribution in [0.2, 0.25) is 0 Å². The predicted octanol–water partition coefficient (Wildman–Crippen LogP) is 1.77.